The Bertz CT molecular complexity index is 475. The number of esters is 1. The third kappa shape index (κ3) is 8.83. The van der Waals surface area contributed by atoms with E-state index in [-0.39, 0.29) is 25.1 Å². The Hall–Kier alpha value is -2.08. The van der Waals surface area contributed by atoms with Crippen molar-refractivity contribution >= 4 is 12.1 Å². The van der Waals surface area contributed by atoms with Crippen molar-refractivity contribution in [3.63, 3.8) is 0 Å². The lowest BCUT2D eigenvalue weighted by atomic mass is 10.2. The van der Waals surface area contributed by atoms with Gasteiger partial charge in [-0.05, 0) is 26.3 Å². The second-order valence-corrected chi connectivity index (χ2v) is 5.31. The van der Waals surface area contributed by atoms with E-state index in [1.54, 1.807) is 20.8 Å². The molecule has 0 aromatic heterocycles. The molecule has 1 aromatic carbocycles. The van der Waals surface area contributed by atoms with Gasteiger partial charge in [-0.3, -0.25) is 4.79 Å². The van der Waals surface area contributed by atoms with Gasteiger partial charge >= 0.3 is 12.1 Å². The third-order valence-electron chi connectivity index (χ3n) is 2.81. The zero-order chi connectivity index (χ0) is 17.1. The summed E-state index contributed by atoms with van der Waals surface area (Å²) in [5.41, 5.74) is 1.02. The fraction of sp³-hybridized carbons (Fsp3) is 0.529. The second-order valence-electron chi connectivity index (χ2n) is 5.31. The first-order chi connectivity index (χ1) is 11.0. The Kier molecular flexibility index (Phi) is 8.75. The number of benzene rings is 1. The average molecular weight is 323 g/mol. The number of nitrogens with one attached hydrogen (secondary N) is 1. The molecule has 1 N–H and O–H groups in total. The first kappa shape index (κ1) is 19.0. The Balaban J connectivity index is 2.48. The Labute approximate surface area is 137 Å². The maximum Gasteiger partial charge on any atom is 0.407 e. The molecule has 1 rings (SSSR count). The van der Waals surface area contributed by atoms with Crippen molar-refractivity contribution in [3.8, 4) is 0 Å². The predicted octanol–water partition coefficient (Wildman–Crippen LogP) is 2.66. The van der Waals surface area contributed by atoms with Crippen LogP contribution in [0.2, 0.25) is 0 Å². The zero-order valence-electron chi connectivity index (χ0n) is 13.9. The molecule has 0 aliphatic carbocycles. The van der Waals surface area contributed by atoms with E-state index >= 15 is 0 Å². The molecule has 0 radical (unpaired) electrons. The molecule has 0 saturated heterocycles. The van der Waals surface area contributed by atoms with Gasteiger partial charge in [0.15, 0.2) is 0 Å². The minimum absolute atomic E-state index is 0.0375. The van der Waals surface area contributed by atoms with E-state index in [2.05, 4.69) is 5.32 Å². The van der Waals surface area contributed by atoms with Crippen LogP contribution in [0, 0.1) is 0 Å². The normalized spacial score (nSPS) is 11.8. The quantitative estimate of drug-likeness (QED) is 0.707. The molecule has 128 valence electrons. The molecule has 0 heterocycles. The molecule has 0 fully saturated rings. The van der Waals surface area contributed by atoms with Gasteiger partial charge in [-0.25, -0.2) is 4.79 Å². The van der Waals surface area contributed by atoms with E-state index in [1.165, 1.54) is 0 Å². The highest BCUT2D eigenvalue weighted by Gasteiger charge is 2.19. The Morgan fingerprint density at radius 1 is 1.17 bits per heavy atom. The van der Waals surface area contributed by atoms with Crippen molar-refractivity contribution in [3.05, 3.63) is 35.9 Å². The summed E-state index contributed by atoms with van der Waals surface area (Å²) in [6.45, 7) is 6.14. The number of carbonyl (C=O) groups excluding carboxylic acids is 2. The van der Waals surface area contributed by atoms with Crippen LogP contribution in [-0.4, -0.2) is 37.4 Å². The van der Waals surface area contributed by atoms with Crippen LogP contribution >= 0.6 is 0 Å². The van der Waals surface area contributed by atoms with E-state index in [0.29, 0.717) is 13.2 Å². The summed E-state index contributed by atoms with van der Waals surface area (Å²) in [4.78, 5) is 23.3. The predicted molar refractivity (Wildman–Crippen MR) is 85.9 cm³/mol. The van der Waals surface area contributed by atoms with Gasteiger partial charge < -0.3 is 19.5 Å². The molecule has 1 aromatic rings. The number of hydrogen-bond donors (Lipinski definition) is 1. The van der Waals surface area contributed by atoms with Crippen molar-refractivity contribution in [1.82, 2.24) is 5.32 Å². The second kappa shape index (κ2) is 10.6. The minimum atomic E-state index is -0.572. The Morgan fingerprint density at radius 2 is 1.87 bits per heavy atom. The topological polar surface area (TPSA) is 73.9 Å². The van der Waals surface area contributed by atoms with Gasteiger partial charge in [0.2, 0.25) is 0 Å². The van der Waals surface area contributed by atoms with E-state index in [1.807, 2.05) is 30.3 Å². The smallest absolute Gasteiger partial charge is 0.407 e. The summed E-state index contributed by atoms with van der Waals surface area (Å²) in [5.74, 6) is -0.384. The van der Waals surface area contributed by atoms with Crippen LogP contribution in [0.5, 0.6) is 0 Å². The van der Waals surface area contributed by atoms with E-state index in [9.17, 15) is 9.59 Å². The number of amides is 1. The van der Waals surface area contributed by atoms with E-state index in [4.69, 9.17) is 14.2 Å². The molecule has 6 heteroatoms. The Morgan fingerprint density at radius 3 is 2.48 bits per heavy atom. The lowest BCUT2D eigenvalue weighted by Crippen LogP contribution is -2.41. The summed E-state index contributed by atoms with van der Waals surface area (Å²) >= 11 is 0. The lowest BCUT2D eigenvalue weighted by molar-refractivity contribution is -0.144. The van der Waals surface area contributed by atoms with Crippen molar-refractivity contribution in [2.45, 2.75) is 45.9 Å². The maximum absolute atomic E-state index is 11.7. The standard InChI is InChI=1S/C17H25NO5/c1-4-22-16(19)10-15(18-17(20)23-13(2)3)12-21-11-14-8-6-5-7-9-14/h5-9,13,15H,4,10-12H2,1-3H3,(H,18,20)/t15-/m0/s1. The monoisotopic (exact) mass is 323 g/mol. The number of hydrogen-bond acceptors (Lipinski definition) is 5. The van der Waals surface area contributed by atoms with Crippen LogP contribution in [0.3, 0.4) is 0 Å². The van der Waals surface area contributed by atoms with Crippen molar-refractivity contribution < 1.29 is 23.8 Å². The van der Waals surface area contributed by atoms with Crippen molar-refractivity contribution in [1.29, 1.82) is 0 Å². The molecular weight excluding hydrogens is 298 g/mol. The average Bonchev–Trinajstić information content (AvgIpc) is 2.47. The highest BCUT2D eigenvalue weighted by molar-refractivity contribution is 5.72. The molecule has 0 bridgehead atoms. The molecule has 0 spiro atoms. The molecular formula is C17H25NO5. The highest BCUT2D eigenvalue weighted by Crippen LogP contribution is 2.04. The fourth-order valence-electron chi connectivity index (χ4n) is 1.88. The van der Waals surface area contributed by atoms with Gasteiger partial charge in [0, 0.05) is 0 Å². The summed E-state index contributed by atoms with van der Waals surface area (Å²) in [7, 11) is 0. The van der Waals surface area contributed by atoms with Crippen molar-refractivity contribution in [2.75, 3.05) is 13.2 Å². The van der Waals surface area contributed by atoms with Crippen LogP contribution in [0.25, 0.3) is 0 Å². The van der Waals surface area contributed by atoms with Gasteiger partial charge in [-0.2, -0.15) is 0 Å². The molecule has 1 amide bonds. The van der Waals surface area contributed by atoms with Crippen LogP contribution in [-0.2, 0) is 25.6 Å². The van der Waals surface area contributed by atoms with Crippen molar-refractivity contribution in [2.24, 2.45) is 0 Å². The van der Waals surface area contributed by atoms with Crippen LogP contribution < -0.4 is 5.32 Å². The fourth-order valence-corrected chi connectivity index (χ4v) is 1.88. The van der Waals surface area contributed by atoms with Gasteiger partial charge in [0.25, 0.3) is 0 Å². The number of alkyl carbamates (subject to hydrolysis) is 1. The summed E-state index contributed by atoms with van der Waals surface area (Å²) in [5, 5.41) is 2.64. The molecule has 0 aliphatic rings. The van der Waals surface area contributed by atoms with Crippen LogP contribution in [0.1, 0.15) is 32.8 Å². The lowest BCUT2D eigenvalue weighted by Gasteiger charge is -2.19. The van der Waals surface area contributed by atoms with Gasteiger partial charge in [-0.15, -0.1) is 0 Å². The van der Waals surface area contributed by atoms with E-state index in [0.717, 1.165) is 5.56 Å². The largest absolute Gasteiger partial charge is 0.466 e. The number of carbonyl (C=O) groups is 2. The maximum atomic E-state index is 11.7. The summed E-state index contributed by atoms with van der Waals surface area (Å²) in [6.07, 6.45) is -0.767. The van der Waals surface area contributed by atoms with Crippen LogP contribution in [0.4, 0.5) is 4.79 Å². The molecule has 0 unspecified atom stereocenters. The summed E-state index contributed by atoms with van der Waals surface area (Å²) in [6, 6.07) is 9.17. The first-order valence-corrected chi connectivity index (χ1v) is 7.75. The van der Waals surface area contributed by atoms with Gasteiger partial charge in [0.05, 0.1) is 38.4 Å². The third-order valence-corrected chi connectivity index (χ3v) is 2.81. The first-order valence-electron chi connectivity index (χ1n) is 7.75. The van der Waals surface area contributed by atoms with Gasteiger partial charge in [0.1, 0.15) is 0 Å². The molecule has 23 heavy (non-hydrogen) atoms. The highest BCUT2D eigenvalue weighted by atomic mass is 16.6. The SMILES string of the molecule is CCOC(=O)C[C@@H](COCc1ccccc1)NC(=O)OC(C)C. The van der Waals surface area contributed by atoms with Gasteiger partial charge in [-0.1, -0.05) is 30.3 Å². The minimum Gasteiger partial charge on any atom is -0.466 e. The summed E-state index contributed by atoms with van der Waals surface area (Å²) < 4.78 is 15.5. The molecule has 1 atom stereocenters. The zero-order valence-corrected chi connectivity index (χ0v) is 13.9. The van der Waals surface area contributed by atoms with E-state index < -0.39 is 12.1 Å². The number of ether oxygens (including phenoxy) is 3. The number of rotatable bonds is 9. The molecule has 6 nitrogen and oxygen atoms in total. The molecule has 0 aliphatic heterocycles. The molecule has 0 saturated carbocycles. The van der Waals surface area contributed by atoms with Crippen LogP contribution in [0.15, 0.2) is 30.3 Å².